The largest absolute Gasteiger partial charge is 0.338 e. The van der Waals surface area contributed by atoms with Gasteiger partial charge in [-0.1, -0.05) is 46.6 Å². The summed E-state index contributed by atoms with van der Waals surface area (Å²) in [6, 6.07) is 15.7. The van der Waals surface area contributed by atoms with Gasteiger partial charge < -0.3 is 5.32 Å². The standard InChI is InChI=1S/C18H15ClN6/c1-12-2-8-15(9-3-12)22-17-16-18(21-11-20-17)25(24-23-16)10-13-4-6-14(19)7-5-13/h2-9,11H,10H2,1H3,(H,20,21,22). The summed E-state index contributed by atoms with van der Waals surface area (Å²) in [4.78, 5) is 8.63. The van der Waals surface area contributed by atoms with E-state index in [1.54, 1.807) is 4.68 Å². The van der Waals surface area contributed by atoms with Gasteiger partial charge in [-0.2, -0.15) is 0 Å². The number of aryl methyl sites for hydroxylation is 1. The van der Waals surface area contributed by atoms with Gasteiger partial charge in [0.1, 0.15) is 6.33 Å². The van der Waals surface area contributed by atoms with Gasteiger partial charge in [0.2, 0.25) is 0 Å². The van der Waals surface area contributed by atoms with Crippen molar-refractivity contribution in [1.82, 2.24) is 25.0 Å². The summed E-state index contributed by atoms with van der Waals surface area (Å²) in [6.07, 6.45) is 1.51. The minimum Gasteiger partial charge on any atom is -0.338 e. The highest BCUT2D eigenvalue weighted by molar-refractivity contribution is 6.30. The molecule has 0 unspecified atom stereocenters. The fourth-order valence-electron chi connectivity index (χ4n) is 2.53. The van der Waals surface area contributed by atoms with Gasteiger partial charge in [-0.3, -0.25) is 0 Å². The van der Waals surface area contributed by atoms with Gasteiger partial charge in [-0.25, -0.2) is 14.6 Å². The molecule has 6 nitrogen and oxygen atoms in total. The smallest absolute Gasteiger partial charge is 0.184 e. The van der Waals surface area contributed by atoms with E-state index in [2.05, 4.69) is 32.5 Å². The lowest BCUT2D eigenvalue weighted by Crippen LogP contribution is -2.03. The van der Waals surface area contributed by atoms with Crippen molar-refractivity contribution in [1.29, 1.82) is 0 Å². The minimum atomic E-state index is 0.564. The molecule has 0 spiro atoms. The van der Waals surface area contributed by atoms with E-state index in [-0.39, 0.29) is 0 Å². The van der Waals surface area contributed by atoms with Crippen molar-refractivity contribution in [3.8, 4) is 0 Å². The van der Waals surface area contributed by atoms with Gasteiger partial charge in [0.15, 0.2) is 17.0 Å². The Morgan fingerprint density at radius 2 is 1.76 bits per heavy atom. The maximum Gasteiger partial charge on any atom is 0.184 e. The van der Waals surface area contributed by atoms with Gasteiger partial charge in [0.05, 0.1) is 6.54 Å². The van der Waals surface area contributed by atoms with E-state index in [0.29, 0.717) is 28.5 Å². The van der Waals surface area contributed by atoms with Gasteiger partial charge in [0, 0.05) is 10.7 Å². The van der Waals surface area contributed by atoms with Crippen molar-refractivity contribution in [2.24, 2.45) is 0 Å². The molecule has 4 rings (SSSR count). The fraction of sp³-hybridized carbons (Fsp3) is 0.111. The summed E-state index contributed by atoms with van der Waals surface area (Å²) in [5, 5.41) is 12.4. The molecule has 1 N–H and O–H groups in total. The van der Waals surface area contributed by atoms with Crippen LogP contribution in [0.5, 0.6) is 0 Å². The van der Waals surface area contributed by atoms with E-state index in [1.165, 1.54) is 11.9 Å². The Labute approximate surface area is 149 Å². The molecule has 0 amide bonds. The predicted molar refractivity (Wildman–Crippen MR) is 98.1 cm³/mol. The Morgan fingerprint density at radius 3 is 2.52 bits per heavy atom. The molecule has 25 heavy (non-hydrogen) atoms. The van der Waals surface area contributed by atoms with Crippen LogP contribution in [-0.2, 0) is 6.54 Å². The van der Waals surface area contributed by atoms with E-state index in [0.717, 1.165) is 11.3 Å². The number of nitrogens with zero attached hydrogens (tertiary/aromatic N) is 5. The monoisotopic (exact) mass is 350 g/mol. The topological polar surface area (TPSA) is 68.5 Å². The molecule has 2 aromatic carbocycles. The molecule has 0 saturated carbocycles. The van der Waals surface area contributed by atoms with Crippen molar-refractivity contribution >= 4 is 34.3 Å². The second-order valence-electron chi connectivity index (χ2n) is 5.76. The van der Waals surface area contributed by atoms with Crippen LogP contribution >= 0.6 is 11.6 Å². The lowest BCUT2D eigenvalue weighted by Gasteiger charge is -2.06. The number of rotatable bonds is 4. The van der Waals surface area contributed by atoms with Crippen molar-refractivity contribution in [3.63, 3.8) is 0 Å². The summed E-state index contributed by atoms with van der Waals surface area (Å²) in [5.74, 6) is 0.635. The molecule has 2 heterocycles. The van der Waals surface area contributed by atoms with Crippen LogP contribution in [0.2, 0.25) is 5.02 Å². The molecule has 0 aliphatic rings. The first-order chi connectivity index (χ1) is 12.2. The third-order valence-electron chi connectivity index (χ3n) is 3.86. The molecule has 0 bridgehead atoms. The molecule has 0 aliphatic carbocycles. The van der Waals surface area contributed by atoms with Crippen LogP contribution in [0.25, 0.3) is 11.2 Å². The normalized spacial score (nSPS) is 11.0. The minimum absolute atomic E-state index is 0.564. The molecular weight excluding hydrogens is 336 g/mol. The second-order valence-corrected chi connectivity index (χ2v) is 6.20. The second kappa shape index (κ2) is 6.49. The van der Waals surface area contributed by atoms with Crippen LogP contribution in [0, 0.1) is 6.92 Å². The lowest BCUT2D eigenvalue weighted by molar-refractivity contribution is 0.664. The molecule has 7 heteroatoms. The predicted octanol–water partition coefficient (Wildman–Crippen LogP) is 3.98. The zero-order valence-corrected chi connectivity index (χ0v) is 14.3. The van der Waals surface area contributed by atoms with Crippen molar-refractivity contribution in [2.75, 3.05) is 5.32 Å². The van der Waals surface area contributed by atoms with E-state index in [1.807, 2.05) is 48.5 Å². The summed E-state index contributed by atoms with van der Waals surface area (Å²) >= 11 is 5.93. The summed E-state index contributed by atoms with van der Waals surface area (Å²) in [5.41, 5.74) is 4.53. The Balaban J connectivity index is 1.65. The van der Waals surface area contributed by atoms with Crippen LogP contribution in [0.1, 0.15) is 11.1 Å². The molecule has 0 saturated heterocycles. The number of halogens is 1. The maximum absolute atomic E-state index is 5.93. The molecule has 0 fully saturated rings. The van der Waals surface area contributed by atoms with Gasteiger partial charge in [-0.05, 0) is 36.8 Å². The van der Waals surface area contributed by atoms with Crippen LogP contribution in [0.15, 0.2) is 54.9 Å². The van der Waals surface area contributed by atoms with Crippen LogP contribution in [0.3, 0.4) is 0 Å². The van der Waals surface area contributed by atoms with Gasteiger partial charge in [-0.15, -0.1) is 5.10 Å². The summed E-state index contributed by atoms with van der Waals surface area (Å²) < 4.78 is 1.75. The van der Waals surface area contributed by atoms with Crippen LogP contribution in [-0.4, -0.2) is 25.0 Å². The Hall–Kier alpha value is -2.99. The van der Waals surface area contributed by atoms with Gasteiger partial charge >= 0.3 is 0 Å². The molecule has 0 aliphatic heterocycles. The third-order valence-corrected chi connectivity index (χ3v) is 4.11. The fourth-order valence-corrected chi connectivity index (χ4v) is 2.65. The highest BCUT2D eigenvalue weighted by Crippen LogP contribution is 2.21. The molecule has 0 atom stereocenters. The molecular formula is C18H15ClN6. The lowest BCUT2D eigenvalue weighted by atomic mass is 10.2. The number of hydrogen-bond acceptors (Lipinski definition) is 5. The molecule has 2 aromatic heterocycles. The third kappa shape index (κ3) is 3.29. The average Bonchev–Trinajstić information content (AvgIpc) is 3.03. The number of anilines is 2. The van der Waals surface area contributed by atoms with Crippen molar-refractivity contribution < 1.29 is 0 Å². The quantitative estimate of drug-likeness (QED) is 0.603. The number of aromatic nitrogens is 5. The first kappa shape index (κ1) is 15.5. The number of hydrogen-bond donors (Lipinski definition) is 1. The van der Waals surface area contributed by atoms with Crippen LogP contribution < -0.4 is 5.32 Å². The Morgan fingerprint density at radius 1 is 1.00 bits per heavy atom. The Kier molecular flexibility index (Phi) is 4.03. The maximum atomic E-state index is 5.93. The highest BCUT2D eigenvalue weighted by atomic mass is 35.5. The van der Waals surface area contributed by atoms with Crippen molar-refractivity contribution in [3.05, 3.63) is 71.0 Å². The number of fused-ring (bicyclic) bond motifs is 1. The highest BCUT2D eigenvalue weighted by Gasteiger charge is 2.12. The van der Waals surface area contributed by atoms with E-state index in [9.17, 15) is 0 Å². The zero-order valence-electron chi connectivity index (χ0n) is 13.5. The summed E-state index contributed by atoms with van der Waals surface area (Å²) in [6.45, 7) is 2.61. The number of nitrogens with one attached hydrogen (secondary N) is 1. The van der Waals surface area contributed by atoms with E-state index in [4.69, 9.17) is 11.6 Å². The summed E-state index contributed by atoms with van der Waals surface area (Å²) in [7, 11) is 0. The molecule has 124 valence electrons. The van der Waals surface area contributed by atoms with E-state index < -0.39 is 0 Å². The van der Waals surface area contributed by atoms with Gasteiger partial charge in [0.25, 0.3) is 0 Å². The average molecular weight is 351 g/mol. The SMILES string of the molecule is Cc1ccc(Nc2ncnc3c2nnn3Cc2ccc(Cl)cc2)cc1. The van der Waals surface area contributed by atoms with Crippen LogP contribution in [0.4, 0.5) is 11.5 Å². The zero-order chi connectivity index (χ0) is 17.2. The first-order valence-corrected chi connectivity index (χ1v) is 8.19. The molecule has 0 radical (unpaired) electrons. The Bertz CT molecular complexity index is 1010. The number of benzene rings is 2. The first-order valence-electron chi connectivity index (χ1n) is 7.81. The molecule has 4 aromatic rings. The van der Waals surface area contributed by atoms with Crippen molar-refractivity contribution in [2.45, 2.75) is 13.5 Å². The van der Waals surface area contributed by atoms with E-state index >= 15 is 0 Å².